The van der Waals surface area contributed by atoms with Gasteiger partial charge in [-0.25, -0.2) is 9.59 Å². The highest BCUT2D eigenvalue weighted by Crippen LogP contribution is 2.14. The van der Waals surface area contributed by atoms with Crippen LogP contribution in [-0.2, 0) is 62.2 Å². The molecule has 0 N–H and O–H groups in total. The molecule has 204 valence electrons. The highest BCUT2D eigenvalue weighted by Gasteiger charge is 2.33. The average Bonchev–Trinajstić information content (AvgIpc) is 3.33. The van der Waals surface area contributed by atoms with E-state index in [1.807, 2.05) is 0 Å². The fourth-order valence-corrected chi connectivity index (χ4v) is 3.04. The zero-order valence-electron chi connectivity index (χ0n) is 20.1. The molecule has 15 heteroatoms. The van der Waals surface area contributed by atoms with E-state index in [-0.39, 0.29) is 90.6 Å². The molecule has 37 heavy (non-hydrogen) atoms. The predicted octanol–water partition coefficient (Wildman–Crippen LogP) is -0.356. The van der Waals surface area contributed by atoms with Gasteiger partial charge in [-0.1, -0.05) is 0 Å². The summed E-state index contributed by atoms with van der Waals surface area (Å²) >= 11 is 0. The van der Waals surface area contributed by atoms with Gasteiger partial charge in [0.25, 0.3) is 23.6 Å². The molecule has 0 spiro atoms. The van der Waals surface area contributed by atoms with Crippen LogP contribution in [0, 0.1) is 0 Å². The Morgan fingerprint density at radius 3 is 1.19 bits per heavy atom. The van der Waals surface area contributed by atoms with Crippen molar-refractivity contribution >= 4 is 47.5 Å². The molecule has 0 aliphatic carbocycles. The van der Waals surface area contributed by atoms with E-state index in [1.54, 1.807) is 0 Å². The van der Waals surface area contributed by atoms with Crippen molar-refractivity contribution < 1.29 is 62.2 Å². The number of nitrogens with zero attached hydrogens (tertiary/aromatic N) is 2. The Morgan fingerprint density at radius 1 is 0.514 bits per heavy atom. The van der Waals surface area contributed by atoms with Crippen LogP contribution in [0.25, 0.3) is 0 Å². The maximum atomic E-state index is 11.6. The number of carbonyl (C=O) groups excluding carboxylic acids is 8. The molecule has 0 unspecified atom stereocenters. The van der Waals surface area contributed by atoms with Gasteiger partial charge in [0.05, 0.1) is 13.2 Å². The minimum absolute atomic E-state index is 0.00430. The fourth-order valence-electron chi connectivity index (χ4n) is 3.04. The van der Waals surface area contributed by atoms with E-state index in [0.717, 1.165) is 0 Å². The average molecular weight is 528 g/mol. The Labute approximate surface area is 211 Å². The third kappa shape index (κ3) is 10.7. The first kappa shape index (κ1) is 29.4. The Balaban J connectivity index is 1.40. The van der Waals surface area contributed by atoms with Crippen molar-refractivity contribution in [3.8, 4) is 0 Å². The molecule has 0 bridgehead atoms. The lowest BCUT2D eigenvalue weighted by Gasteiger charge is -2.12. The second kappa shape index (κ2) is 15.3. The van der Waals surface area contributed by atoms with Crippen LogP contribution >= 0.6 is 0 Å². The zero-order valence-corrected chi connectivity index (χ0v) is 20.1. The van der Waals surface area contributed by atoms with Gasteiger partial charge in [-0.05, 0) is 12.8 Å². The Morgan fingerprint density at radius 2 is 0.838 bits per heavy atom. The van der Waals surface area contributed by atoms with Gasteiger partial charge >= 0.3 is 23.9 Å². The first-order valence-electron chi connectivity index (χ1n) is 11.7. The van der Waals surface area contributed by atoms with E-state index < -0.39 is 47.5 Å². The molecule has 0 radical (unpaired) electrons. The van der Waals surface area contributed by atoms with Crippen molar-refractivity contribution in [1.82, 2.24) is 10.1 Å². The normalized spacial score (nSPS) is 15.2. The molecule has 0 aromatic carbocycles. The van der Waals surface area contributed by atoms with Gasteiger partial charge in [0.15, 0.2) is 0 Å². The third-order valence-corrected chi connectivity index (χ3v) is 4.90. The molecule has 2 saturated heterocycles. The van der Waals surface area contributed by atoms with E-state index in [4.69, 9.17) is 14.2 Å². The zero-order chi connectivity index (χ0) is 27.2. The van der Waals surface area contributed by atoms with Gasteiger partial charge in [-0.15, -0.1) is 10.1 Å². The summed E-state index contributed by atoms with van der Waals surface area (Å²) in [5.74, 6) is -5.08. The van der Waals surface area contributed by atoms with Crippen LogP contribution in [-0.4, -0.2) is 84.1 Å². The molecule has 4 amide bonds. The van der Waals surface area contributed by atoms with Crippen molar-refractivity contribution in [2.75, 3.05) is 26.4 Å². The fraction of sp³-hybridized carbons (Fsp3) is 0.636. The number of carbonyl (C=O) groups is 8. The molecule has 2 heterocycles. The number of rotatable bonds is 16. The van der Waals surface area contributed by atoms with E-state index in [0.29, 0.717) is 10.1 Å². The summed E-state index contributed by atoms with van der Waals surface area (Å²) in [6, 6.07) is 0. The Kier molecular flexibility index (Phi) is 12.1. The van der Waals surface area contributed by atoms with Crippen molar-refractivity contribution in [2.45, 2.75) is 64.2 Å². The molecule has 0 atom stereocenters. The lowest BCUT2D eigenvalue weighted by molar-refractivity contribution is -0.197. The van der Waals surface area contributed by atoms with Crippen LogP contribution in [0.5, 0.6) is 0 Å². The summed E-state index contributed by atoms with van der Waals surface area (Å²) < 4.78 is 15.0. The monoisotopic (exact) mass is 528 g/mol. The summed E-state index contributed by atoms with van der Waals surface area (Å²) in [4.78, 5) is 101. The van der Waals surface area contributed by atoms with Crippen molar-refractivity contribution in [2.24, 2.45) is 0 Å². The van der Waals surface area contributed by atoms with Gasteiger partial charge in [-0.3, -0.25) is 28.8 Å². The second-order valence-electron chi connectivity index (χ2n) is 7.85. The molecule has 2 rings (SSSR count). The molecule has 2 fully saturated rings. The summed E-state index contributed by atoms with van der Waals surface area (Å²) in [6.45, 7) is -0.0229. The number of imide groups is 2. The lowest BCUT2D eigenvalue weighted by atomic mass is 10.2. The van der Waals surface area contributed by atoms with E-state index >= 15 is 0 Å². The van der Waals surface area contributed by atoms with Crippen LogP contribution < -0.4 is 0 Å². The number of esters is 2. The minimum Gasteiger partial charge on any atom is -0.463 e. The SMILES string of the molecule is O=C(CCCC(=O)ON1C(=O)CCC1=O)OCCOCCOC(=O)CCCC(=O)ON1C(=O)CCC1=O. The summed E-state index contributed by atoms with van der Waals surface area (Å²) in [5.41, 5.74) is 0. The van der Waals surface area contributed by atoms with Crippen molar-refractivity contribution in [3.63, 3.8) is 0 Å². The van der Waals surface area contributed by atoms with Crippen LogP contribution in [0.4, 0.5) is 0 Å². The maximum absolute atomic E-state index is 11.6. The first-order valence-corrected chi connectivity index (χ1v) is 11.7. The van der Waals surface area contributed by atoms with Gasteiger partial charge in [0.2, 0.25) is 0 Å². The molecule has 2 aliphatic rings. The summed E-state index contributed by atoms with van der Waals surface area (Å²) in [7, 11) is 0. The van der Waals surface area contributed by atoms with Gasteiger partial charge in [0, 0.05) is 51.4 Å². The highest BCUT2D eigenvalue weighted by atomic mass is 16.7. The Bertz CT molecular complexity index is 812. The smallest absolute Gasteiger partial charge is 0.333 e. The van der Waals surface area contributed by atoms with Gasteiger partial charge in [-0.2, -0.15) is 0 Å². The molecule has 2 aliphatic heterocycles. The van der Waals surface area contributed by atoms with Crippen molar-refractivity contribution in [3.05, 3.63) is 0 Å². The molecular weight excluding hydrogens is 500 g/mol. The molecule has 0 saturated carbocycles. The quantitative estimate of drug-likeness (QED) is 0.144. The standard InChI is InChI=1S/C22H28N2O13/c25-15-7-8-16(26)23(15)36-21(31)5-1-3-19(29)34-13-11-33-12-14-35-20(30)4-2-6-22(32)37-24-17(27)9-10-18(24)28/h1-14H2. The van der Waals surface area contributed by atoms with Gasteiger partial charge in [0.1, 0.15) is 13.2 Å². The number of hydroxylamine groups is 4. The number of hydrogen-bond donors (Lipinski definition) is 0. The summed E-state index contributed by atoms with van der Waals surface area (Å²) in [6.07, 6.45) is -0.301. The predicted molar refractivity (Wildman–Crippen MR) is 115 cm³/mol. The van der Waals surface area contributed by atoms with Crippen molar-refractivity contribution in [1.29, 1.82) is 0 Å². The van der Waals surface area contributed by atoms with Crippen LogP contribution in [0.3, 0.4) is 0 Å². The lowest BCUT2D eigenvalue weighted by Crippen LogP contribution is -2.32. The molecule has 15 nitrogen and oxygen atoms in total. The Hall–Kier alpha value is -3.88. The van der Waals surface area contributed by atoms with Crippen LogP contribution in [0.2, 0.25) is 0 Å². The number of amides is 4. The topological polar surface area (TPSA) is 189 Å². The maximum Gasteiger partial charge on any atom is 0.333 e. The third-order valence-electron chi connectivity index (χ3n) is 4.90. The van der Waals surface area contributed by atoms with Gasteiger partial charge < -0.3 is 23.9 Å². The van der Waals surface area contributed by atoms with Crippen LogP contribution in [0.15, 0.2) is 0 Å². The first-order chi connectivity index (χ1) is 17.7. The van der Waals surface area contributed by atoms with E-state index in [9.17, 15) is 38.4 Å². The van der Waals surface area contributed by atoms with E-state index in [2.05, 4.69) is 9.68 Å². The van der Waals surface area contributed by atoms with Crippen LogP contribution in [0.1, 0.15) is 64.2 Å². The largest absolute Gasteiger partial charge is 0.463 e. The summed E-state index contributed by atoms with van der Waals surface area (Å²) in [5, 5.41) is 0.881. The number of ether oxygens (including phenoxy) is 3. The highest BCUT2D eigenvalue weighted by molar-refractivity contribution is 6.02. The number of hydrogen-bond acceptors (Lipinski definition) is 13. The molecular formula is C22H28N2O13. The molecule has 0 aromatic heterocycles. The molecule has 0 aromatic rings. The second-order valence-corrected chi connectivity index (χ2v) is 7.85. The minimum atomic E-state index is -0.802. The van der Waals surface area contributed by atoms with E-state index in [1.165, 1.54) is 0 Å².